The van der Waals surface area contributed by atoms with E-state index in [2.05, 4.69) is 27.1 Å². The lowest BCUT2D eigenvalue weighted by Gasteiger charge is -2.15. The molecule has 0 spiro atoms. The summed E-state index contributed by atoms with van der Waals surface area (Å²) in [5.74, 6) is 0.398. The van der Waals surface area contributed by atoms with Crippen LogP contribution < -0.4 is 10.1 Å². The lowest BCUT2D eigenvalue weighted by Crippen LogP contribution is -2.32. The summed E-state index contributed by atoms with van der Waals surface area (Å²) < 4.78 is 9.68. The van der Waals surface area contributed by atoms with Crippen molar-refractivity contribution in [3.05, 3.63) is 43.5 Å². The monoisotopic (exact) mass is 352 g/mol. The molecule has 0 aliphatic heterocycles. The van der Waals surface area contributed by atoms with Crippen molar-refractivity contribution in [2.24, 2.45) is 7.05 Å². The maximum atomic E-state index is 11.5. The lowest BCUT2D eigenvalue weighted by molar-refractivity contribution is -0.117. The van der Waals surface area contributed by atoms with E-state index < -0.39 is 0 Å². The third kappa shape index (κ3) is 3.17. The summed E-state index contributed by atoms with van der Waals surface area (Å²) in [6.07, 6.45) is 11.0. The first-order valence-electron chi connectivity index (χ1n) is 8.55. The molecule has 134 valence electrons. The molecular weight excluding hydrogens is 332 g/mol. The molecule has 0 unspecified atom stereocenters. The first-order valence-corrected chi connectivity index (χ1v) is 8.55. The van der Waals surface area contributed by atoms with E-state index in [1.807, 2.05) is 25.5 Å². The molecule has 1 N–H and O–H groups in total. The zero-order valence-corrected chi connectivity index (χ0v) is 14.5. The van der Waals surface area contributed by atoms with Gasteiger partial charge in [0.15, 0.2) is 0 Å². The van der Waals surface area contributed by atoms with Gasteiger partial charge in [-0.3, -0.25) is 9.48 Å². The summed E-state index contributed by atoms with van der Waals surface area (Å²) in [6, 6.07) is 1.98. The van der Waals surface area contributed by atoms with Crippen molar-refractivity contribution >= 4 is 11.4 Å². The van der Waals surface area contributed by atoms with Gasteiger partial charge in [-0.1, -0.05) is 6.58 Å². The normalized spacial score (nSPS) is 19.6. The third-order valence-electron chi connectivity index (χ3n) is 4.55. The maximum absolute atomic E-state index is 11.5. The van der Waals surface area contributed by atoms with E-state index in [9.17, 15) is 4.79 Å². The maximum Gasteiger partial charge on any atom is 0.243 e. The van der Waals surface area contributed by atoms with Gasteiger partial charge < -0.3 is 10.1 Å². The number of fused-ring (bicyclic) bond motifs is 1. The van der Waals surface area contributed by atoms with E-state index >= 15 is 0 Å². The summed E-state index contributed by atoms with van der Waals surface area (Å²) >= 11 is 0. The number of carbonyl (C=O) groups is 1. The van der Waals surface area contributed by atoms with E-state index in [0.717, 1.165) is 36.0 Å². The standard InChI is InChI=1S/C18H20N6O2/c1-3-17(25)21-13-4-5-14(8-13)26-18-16-6-7-19-24(16)11-15(22-18)12-9-20-23(2)10-12/h3,6-7,9-11,13-14H,1,4-5,8H2,2H3,(H,21,25)/t13-,14+/m0/s1. The van der Waals surface area contributed by atoms with Crippen LogP contribution in [-0.2, 0) is 11.8 Å². The number of carbonyl (C=O) groups excluding carboxylic acids is 1. The summed E-state index contributed by atoms with van der Waals surface area (Å²) in [5, 5.41) is 11.4. The molecular formula is C18H20N6O2. The molecule has 1 saturated carbocycles. The fourth-order valence-electron chi connectivity index (χ4n) is 3.27. The average molecular weight is 352 g/mol. The minimum absolute atomic E-state index is 0.000429. The molecule has 1 fully saturated rings. The van der Waals surface area contributed by atoms with E-state index in [4.69, 9.17) is 4.74 Å². The molecule has 0 radical (unpaired) electrons. The second-order valence-electron chi connectivity index (χ2n) is 6.46. The van der Waals surface area contributed by atoms with Gasteiger partial charge in [-0.05, 0) is 25.0 Å². The molecule has 3 aromatic rings. The van der Waals surface area contributed by atoms with Crippen LogP contribution in [0.4, 0.5) is 0 Å². The van der Waals surface area contributed by atoms with Crippen LogP contribution in [0.3, 0.4) is 0 Å². The summed E-state index contributed by atoms with van der Waals surface area (Å²) in [4.78, 5) is 16.2. The fourth-order valence-corrected chi connectivity index (χ4v) is 3.27. The molecule has 1 aliphatic carbocycles. The third-order valence-corrected chi connectivity index (χ3v) is 4.55. The minimum Gasteiger partial charge on any atom is -0.473 e. The summed E-state index contributed by atoms with van der Waals surface area (Å²) in [7, 11) is 1.86. The molecule has 0 aromatic carbocycles. The van der Waals surface area contributed by atoms with Crippen molar-refractivity contribution in [2.75, 3.05) is 0 Å². The van der Waals surface area contributed by atoms with Crippen LogP contribution >= 0.6 is 0 Å². The highest BCUT2D eigenvalue weighted by Crippen LogP contribution is 2.28. The van der Waals surface area contributed by atoms with Crippen LogP contribution in [0, 0.1) is 0 Å². The molecule has 8 heteroatoms. The Morgan fingerprint density at radius 3 is 3.04 bits per heavy atom. The van der Waals surface area contributed by atoms with Gasteiger partial charge >= 0.3 is 0 Å². The van der Waals surface area contributed by atoms with Gasteiger partial charge in [0.25, 0.3) is 0 Å². The molecule has 2 atom stereocenters. The smallest absolute Gasteiger partial charge is 0.243 e. The van der Waals surface area contributed by atoms with Crippen LogP contribution in [-0.4, -0.2) is 42.4 Å². The average Bonchev–Trinajstić information content (AvgIpc) is 3.35. The molecule has 3 aromatic heterocycles. The second-order valence-corrected chi connectivity index (χ2v) is 6.46. The minimum atomic E-state index is -0.148. The zero-order chi connectivity index (χ0) is 18.1. The number of aryl methyl sites for hydroxylation is 1. The van der Waals surface area contributed by atoms with Crippen LogP contribution in [0.5, 0.6) is 5.88 Å². The van der Waals surface area contributed by atoms with Gasteiger partial charge in [0.1, 0.15) is 11.6 Å². The van der Waals surface area contributed by atoms with Crippen molar-refractivity contribution < 1.29 is 9.53 Å². The molecule has 26 heavy (non-hydrogen) atoms. The first-order chi connectivity index (χ1) is 12.6. The first kappa shape index (κ1) is 16.3. The summed E-state index contributed by atoms with van der Waals surface area (Å²) in [5.41, 5.74) is 2.47. The Morgan fingerprint density at radius 1 is 1.38 bits per heavy atom. The zero-order valence-electron chi connectivity index (χ0n) is 14.5. The summed E-state index contributed by atoms with van der Waals surface area (Å²) in [6.45, 7) is 3.49. The van der Waals surface area contributed by atoms with Gasteiger partial charge in [-0.15, -0.1) is 0 Å². The van der Waals surface area contributed by atoms with Crippen molar-refractivity contribution in [1.29, 1.82) is 0 Å². The molecule has 8 nitrogen and oxygen atoms in total. The van der Waals surface area contributed by atoms with Gasteiger partial charge in [-0.25, -0.2) is 9.50 Å². The SMILES string of the molecule is C=CC(=O)N[C@H]1CC[C@@H](Oc2nc(-c3cnn(C)c3)cn3nccc23)C1. The molecule has 3 heterocycles. The highest BCUT2D eigenvalue weighted by Gasteiger charge is 2.28. The fraction of sp³-hybridized carbons (Fsp3) is 0.333. The number of rotatable bonds is 5. The van der Waals surface area contributed by atoms with Crippen LogP contribution in [0.15, 0.2) is 43.5 Å². The molecule has 4 rings (SSSR count). The van der Waals surface area contributed by atoms with Crippen LogP contribution in [0.2, 0.25) is 0 Å². The number of hydrogen-bond donors (Lipinski definition) is 1. The topological polar surface area (TPSA) is 86.3 Å². The Kier molecular flexibility index (Phi) is 4.16. The van der Waals surface area contributed by atoms with Crippen molar-refractivity contribution in [1.82, 2.24) is 29.7 Å². The quantitative estimate of drug-likeness (QED) is 0.707. The number of hydrogen-bond acceptors (Lipinski definition) is 5. The van der Waals surface area contributed by atoms with Crippen molar-refractivity contribution in [3.63, 3.8) is 0 Å². The Bertz CT molecular complexity index is 960. The Balaban J connectivity index is 1.57. The van der Waals surface area contributed by atoms with Crippen molar-refractivity contribution in [3.8, 4) is 17.1 Å². The predicted molar refractivity (Wildman–Crippen MR) is 95.6 cm³/mol. The van der Waals surface area contributed by atoms with Gasteiger partial charge in [-0.2, -0.15) is 10.2 Å². The second kappa shape index (κ2) is 6.62. The predicted octanol–water partition coefficient (Wildman–Crippen LogP) is 1.73. The highest BCUT2D eigenvalue weighted by molar-refractivity contribution is 5.87. The molecule has 0 bridgehead atoms. The van der Waals surface area contributed by atoms with Crippen LogP contribution in [0.1, 0.15) is 19.3 Å². The van der Waals surface area contributed by atoms with E-state index in [1.54, 1.807) is 21.6 Å². The Morgan fingerprint density at radius 2 is 2.27 bits per heavy atom. The van der Waals surface area contributed by atoms with E-state index in [1.165, 1.54) is 6.08 Å². The molecule has 0 saturated heterocycles. The lowest BCUT2D eigenvalue weighted by atomic mass is 10.2. The molecule has 1 aliphatic rings. The largest absolute Gasteiger partial charge is 0.473 e. The van der Waals surface area contributed by atoms with Gasteiger partial charge in [0.2, 0.25) is 11.8 Å². The number of nitrogens with zero attached hydrogens (tertiary/aromatic N) is 5. The van der Waals surface area contributed by atoms with E-state index in [-0.39, 0.29) is 18.1 Å². The number of ether oxygens (including phenoxy) is 1. The number of aromatic nitrogens is 5. The van der Waals surface area contributed by atoms with Gasteiger partial charge in [0, 0.05) is 31.3 Å². The Hall–Kier alpha value is -3.16. The van der Waals surface area contributed by atoms with Crippen LogP contribution in [0.25, 0.3) is 16.8 Å². The molecule has 1 amide bonds. The van der Waals surface area contributed by atoms with E-state index in [0.29, 0.717) is 5.88 Å². The van der Waals surface area contributed by atoms with Gasteiger partial charge in [0.05, 0.1) is 24.3 Å². The number of nitrogens with one attached hydrogen (secondary N) is 1. The number of amides is 1. The Labute approximate surface area is 150 Å². The van der Waals surface area contributed by atoms with Crippen molar-refractivity contribution in [2.45, 2.75) is 31.4 Å². The highest BCUT2D eigenvalue weighted by atomic mass is 16.5.